The van der Waals surface area contributed by atoms with Gasteiger partial charge in [0.25, 0.3) is 11.8 Å². The number of hydrazine groups is 1. The van der Waals surface area contributed by atoms with Crippen LogP contribution in [0, 0.1) is 9.39 Å². The predicted octanol–water partition coefficient (Wildman–Crippen LogP) is 7.06. The third-order valence-corrected chi connectivity index (χ3v) is 9.62. The van der Waals surface area contributed by atoms with Crippen LogP contribution < -0.4 is 5.32 Å². The fourth-order valence-corrected chi connectivity index (χ4v) is 6.73. The molecule has 7 nitrogen and oxygen atoms in total. The highest BCUT2D eigenvalue weighted by Crippen LogP contribution is 2.43. The van der Waals surface area contributed by atoms with E-state index in [0.717, 1.165) is 21.9 Å². The van der Waals surface area contributed by atoms with Gasteiger partial charge in [-0.2, -0.15) is 26.3 Å². The van der Waals surface area contributed by atoms with E-state index in [-0.39, 0.29) is 23.4 Å². The first-order valence-electron chi connectivity index (χ1n) is 13.3. The zero-order valence-corrected chi connectivity index (χ0v) is 25.5. The molecule has 0 radical (unpaired) electrons. The lowest BCUT2D eigenvalue weighted by Gasteiger charge is -2.46. The predicted molar refractivity (Wildman–Crippen MR) is 159 cm³/mol. The molecule has 2 aromatic carbocycles. The molecular weight excluding hydrogens is 724 g/mol. The van der Waals surface area contributed by atoms with Crippen molar-refractivity contribution in [1.29, 1.82) is 0 Å². The highest BCUT2D eigenvalue weighted by molar-refractivity contribution is 14.2. The molecule has 1 fully saturated rings. The summed E-state index contributed by atoms with van der Waals surface area (Å²) in [5.74, 6) is -3.16. The standard InChI is InChI=1S/C30H24F7IN4O3/c1-28-10-3-11-42(28)41(15-17-12-19(31)6-7-21(17)38-2)27(45)24(25(28)43)26(44)40-22-8-5-18(29(32,33)34)13-20(22)16-4-9-23(39-14-16)30(35,36)37/h4-9,12-14,43H,2-3,10-11,15H2,1H3,(H,40,44). The van der Waals surface area contributed by atoms with E-state index in [9.17, 15) is 45.4 Å². The maximum Gasteiger partial charge on any atom is 0.433 e. The van der Waals surface area contributed by atoms with Crippen LogP contribution in [0.15, 0.2) is 66.1 Å². The van der Waals surface area contributed by atoms with Gasteiger partial charge in [0.1, 0.15) is 22.8 Å². The Morgan fingerprint density at radius 3 is 2.44 bits per heavy atom. The van der Waals surface area contributed by atoms with E-state index in [1.54, 1.807) is 18.0 Å². The molecule has 0 spiro atoms. The van der Waals surface area contributed by atoms with E-state index in [0.29, 0.717) is 43.1 Å². The molecule has 0 aliphatic carbocycles. The van der Waals surface area contributed by atoms with Crippen molar-refractivity contribution in [3.63, 3.8) is 0 Å². The second-order valence-electron chi connectivity index (χ2n) is 10.6. The molecule has 3 aromatic rings. The number of nitrogens with zero attached hydrogens (tertiary/aromatic N) is 3. The van der Waals surface area contributed by atoms with Crippen LogP contribution in [0.4, 0.5) is 36.4 Å². The Morgan fingerprint density at radius 2 is 1.82 bits per heavy atom. The second kappa shape index (κ2) is 11.8. The minimum atomic E-state index is -4.83. The number of carbonyl (C=O) groups excluding carboxylic acids is 2. The van der Waals surface area contributed by atoms with E-state index < -0.39 is 78.8 Å². The summed E-state index contributed by atoms with van der Waals surface area (Å²) >= 11 is -0.772. The maximum absolute atomic E-state index is 14.2. The summed E-state index contributed by atoms with van der Waals surface area (Å²) in [7, 11) is 0. The van der Waals surface area contributed by atoms with Gasteiger partial charge in [-0.3, -0.25) is 19.6 Å². The van der Waals surface area contributed by atoms with E-state index in [1.807, 2.05) is 0 Å². The summed E-state index contributed by atoms with van der Waals surface area (Å²) in [6.07, 6.45) is -8.02. The lowest BCUT2D eigenvalue weighted by atomic mass is 9.90. The number of carbonyl (C=O) groups is 2. The van der Waals surface area contributed by atoms with Crippen molar-refractivity contribution in [1.82, 2.24) is 15.0 Å². The van der Waals surface area contributed by atoms with E-state index >= 15 is 0 Å². The molecule has 15 heteroatoms. The van der Waals surface area contributed by atoms with Gasteiger partial charge in [0.05, 0.1) is 17.6 Å². The van der Waals surface area contributed by atoms with Crippen LogP contribution in [-0.2, 0) is 28.5 Å². The Bertz CT molecular complexity index is 1720. The number of aliphatic hydroxyl groups excluding tert-OH is 1. The van der Waals surface area contributed by atoms with Crippen LogP contribution in [0.1, 0.15) is 36.6 Å². The molecule has 45 heavy (non-hydrogen) atoms. The number of benzene rings is 2. The van der Waals surface area contributed by atoms with Crippen molar-refractivity contribution in [3.8, 4) is 11.1 Å². The average Bonchev–Trinajstić information content (AvgIpc) is 3.37. The molecule has 2 aliphatic rings. The Morgan fingerprint density at radius 1 is 1.09 bits per heavy atom. The fraction of sp³-hybridized carbons (Fsp3) is 0.267. The summed E-state index contributed by atoms with van der Waals surface area (Å²) in [5.41, 5.74) is -4.60. The molecular formula is C30H24F7IN4O3. The van der Waals surface area contributed by atoms with Gasteiger partial charge < -0.3 is 10.4 Å². The molecule has 0 bridgehead atoms. The third-order valence-electron chi connectivity index (χ3n) is 7.75. The molecule has 1 saturated heterocycles. The minimum absolute atomic E-state index is 0.135. The number of aromatic nitrogens is 1. The van der Waals surface area contributed by atoms with Crippen LogP contribution in [-0.4, -0.2) is 48.5 Å². The number of halogens is 8. The molecule has 1 atom stereocenters. The molecule has 5 rings (SSSR count). The first-order chi connectivity index (χ1) is 21.0. The molecule has 238 valence electrons. The van der Waals surface area contributed by atoms with Crippen LogP contribution in [0.25, 0.3) is 11.1 Å². The topological polar surface area (TPSA) is 85.8 Å². The van der Waals surface area contributed by atoms with Gasteiger partial charge in [0, 0.05) is 33.1 Å². The number of nitrogens with one attached hydrogen (secondary N) is 1. The Hall–Kier alpha value is -3.86. The zero-order valence-electron chi connectivity index (χ0n) is 23.4. The third kappa shape index (κ3) is 6.19. The van der Waals surface area contributed by atoms with Crippen LogP contribution in [0.3, 0.4) is 0 Å². The van der Waals surface area contributed by atoms with Gasteiger partial charge in [-0.15, -0.1) is 0 Å². The van der Waals surface area contributed by atoms with Crippen molar-refractivity contribution in [2.24, 2.45) is 0 Å². The SMILES string of the molecule is C=Ic1ccc(F)cc1CN1C(=O)C(C(=O)Nc2ccc(C(F)(F)F)cc2-c2ccc(C(F)(F)F)nc2)=C(O)C2(C)CCCN12. The number of pyridine rings is 1. The Balaban J connectivity index is 1.55. The van der Waals surface area contributed by atoms with E-state index in [1.165, 1.54) is 17.1 Å². The van der Waals surface area contributed by atoms with Crippen LogP contribution in [0.2, 0.25) is 0 Å². The summed E-state index contributed by atoms with van der Waals surface area (Å²) in [6, 6.07) is 7.81. The normalized spacial score (nSPS) is 19.2. The van der Waals surface area contributed by atoms with Gasteiger partial charge >= 0.3 is 12.4 Å². The summed E-state index contributed by atoms with van der Waals surface area (Å²) in [4.78, 5) is 30.9. The molecule has 3 heterocycles. The number of rotatable bonds is 6. The monoisotopic (exact) mass is 748 g/mol. The number of amides is 2. The second-order valence-corrected chi connectivity index (χ2v) is 12.5. The molecule has 0 saturated carbocycles. The molecule has 1 aromatic heterocycles. The number of aliphatic hydroxyl groups is 1. The molecule has 2 N–H and O–H groups in total. The number of hydrogen-bond donors (Lipinski definition) is 2. The summed E-state index contributed by atoms with van der Waals surface area (Å²) in [5, 5.41) is 16.5. The number of fused-ring (bicyclic) bond motifs is 1. The van der Waals surface area contributed by atoms with E-state index in [2.05, 4.69) is 14.8 Å². The van der Waals surface area contributed by atoms with Crippen LogP contribution >= 0.6 is 20.7 Å². The van der Waals surface area contributed by atoms with Crippen molar-refractivity contribution >= 4 is 42.7 Å². The van der Waals surface area contributed by atoms with Crippen molar-refractivity contribution < 1.29 is 45.4 Å². The lowest BCUT2D eigenvalue weighted by Crippen LogP contribution is -2.60. The minimum Gasteiger partial charge on any atom is -0.509 e. The first-order valence-corrected chi connectivity index (χ1v) is 15.9. The Labute approximate surface area is 262 Å². The van der Waals surface area contributed by atoms with Gasteiger partial charge in [-0.25, -0.2) is 9.40 Å². The fourth-order valence-electron chi connectivity index (χ4n) is 5.48. The smallest absolute Gasteiger partial charge is 0.433 e. The molecule has 2 aliphatic heterocycles. The molecule has 1 unspecified atom stereocenters. The highest BCUT2D eigenvalue weighted by Gasteiger charge is 2.52. The van der Waals surface area contributed by atoms with Crippen LogP contribution in [0.5, 0.6) is 0 Å². The number of alkyl halides is 6. The van der Waals surface area contributed by atoms with Crippen molar-refractivity contribution in [2.75, 3.05) is 11.9 Å². The maximum atomic E-state index is 14.2. The highest BCUT2D eigenvalue weighted by atomic mass is 127. The zero-order chi connectivity index (χ0) is 32.9. The summed E-state index contributed by atoms with van der Waals surface area (Å²) < 4.78 is 98.9. The van der Waals surface area contributed by atoms with Crippen molar-refractivity contribution in [2.45, 2.75) is 44.2 Å². The van der Waals surface area contributed by atoms with Gasteiger partial charge in [0.2, 0.25) is 0 Å². The van der Waals surface area contributed by atoms with Gasteiger partial charge in [0.15, 0.2) is 0 Å². The number of hydrogen-bond acceptors (Lipinski definition) is 5. The van der Waals surface area contributed by atoms with Gasteiger partial charge in [-0.1, -0.05) is 31.3 Å². The summed E-state index contributed by atoms with van der Waals surface area (Å²) in [6.45, 7) is 1.83. The average molecular weight is 748 g/mol. The van der Waals surface area contributed by atoms with Gasteiger partial charge in [-0.05, 0) is 67.8 Å². The molecule has 2 amide bonds. The largest absolute Gasteiger partial charge is 0.509 e. The Kier molecular flexibility index (Phi) is 8.54. The number of anilines is 1. The van der Waals surface area contributed by atoms with Crippen molar-refractivity contribution in [3.05, 3.63) is 92.3 Å². The van der Waals surface area contributed by atoms with E-state index in [4.69, 9.17) is 0 Å². The lowest BCUT2D eigenvalue weighted by molar-refractivity contribution is -0.160. The first kappa shape index (κ1) is 32.5. The quantitative estimate of drug-likeness (QED) is 0.160.